The van der Waals surface area contributed by atoms with Crippen LogP contribution >= 0.6 is 0 Å². The minimum Gasteiger partial charge on any atom is -0.258 e. The van der Waals surface area contributed by atoms with Crippen LogP contribution in [-0.4, -0.2) is 20.7 Å². The number of alkyl halides is 1. The molecule has 1 rings (SSSR count). The van der Waals surface area contributed by atoms with Crippen LogP contribution in [0.3, 0.4) is 0 Å². The van der Waals surface area contributed by atoms with Gasteiger partial charge < -0.3 is 0 Å². The summed E-state index contributed by atoms with van der Waals surface area (Å²) in [6.45, 7) is 3.76. The minimum atomic E-state index is -3.89. The van der Waals surface area contributed by atoms with E-state index in [1.807, 2.05) is 6.92 Å². The number of aryl methyl sites for hydroxylation is 1. The second-order valence-electron chi connectivity index (χ2n) is 4.24. The minimum absolute atomic E-state index is 0.0413. The highest BCUT2D eigenvalue weighted by atomic mass is 32.2. The van der Waals surface area contributed by atoms with Crippen molar-refractivity contribution in [2.24, 2.45) is 0 Å². The van der Waals surface area contributed by atoms with Crippen molar-refractivity contribution >= 4 is 10.1 Å². The highest BCUT2D eigenvalue weighted by molar-refractivity contribution is 7.86. The van der Waals surface area contributed by atoms with Gasteiger partial charge in [-0.2, -0.15) is 8.42 Å². The average Bonchev–Trinajstić information content (AvgIpc) is 2.17. The van der Waals surface area contributed by atoms with Gasteiger partial charge in [-0.15, -0.1) is 0 Å². The lowest BCUT2D eigenvalue weighted by Crippen LogP contribution is -2.30. The average molecular weight is 246 g/mol. The molecule has 0 aliphatic heterocycles. The fraction of sp³-hybridized carbons (Fsp3) is 0.455. The second-order valence-corrected chi connectivity index (χ2v) is 5.79. The van der Waals surface area contributed by atoms with Crippen molar-refractivity contribution in [3.63, 3.8) is 0 Å². The van der Waals surface area contributed by atoms with E-state index in [1.54, 1.807) is 12.1 Å². The van der Waals surface area contributed by atoms with Crippen LogP contribution in [-0.2, 0) is 14.3 Å². The maximum absolute atomic E-state index is 12.5. The Morgan fingerprint density at radius 2 is 1.75 bits per heavy atom. The summed E-state index contributed by atoms with van der Waals surface area (Å²) in [5.41, 5.74) is -0.382. The first kappa shape index (κ1) is 13.1. The van der Waals surface area contributed by atoms with Gasteiger partial charge in [-0.1, -0.05) is 17.7 Å². The molecule has 0 unspecified atom stereocenters. The molecular weight excluding hydrogens is 231 g/mol. The van der Waals surface area contributed by atoms with Crippen molar-refractivity contribution in [2.45, 2.75) is 31.3 Å². The zero-order chi connectivity index (χ0) is 12.4. The summed E-state index contributed by atoms with van der Waals surface area (Å²) in [6, 6.07) is 6.22. The third-order valence-electron chi connectivity index (χ3n) is 1.97. The van der Waals surface area contributed by atoms with E-state index < -0.39 is 22.4 Å². The molecule has 0 atom stereocenters. The first-order chi connectivity index (χ1) is 7.27. The first-order valence-corrected chi connectivity index (χ1v) is 6.26. The maximum Gasteiger partial charge on any atom is 0.297 e. The smallest absolute Gasteiger partial charge is 0.258 e. The molecule has 0 aliphatic carbocycles. The molecule has 0 fully saturated rings. The van der Waals surface area contributed by atoms with E-state index in [2.05, 4.69) is 0 Å². The third-order valence-corrected chi connectivity index (χ3v) is 3.49. The Labute approximate surface area is 95.4 Å². The van der Waals surface area contributed by atoms with Crippen molar-refractivity contribution in [3.8, 4) is 0 Å². The molecule has 0 radical (unpaired) electrons. The van der Waals surface area contributed by atoms with E-state index >= 15 is 0 Å². The van der Waals surface area contributed by atoms with Crippen molar-refractivity contribution < 1.29 is 17.0 Å². The fourth-order valence-electron chi connectivity index (χ4n) is 1.07. The van der Waals surface area contributed by atoms with E-state index in [0.717, 1.165) is 5.56 Å². The van der Waals surface area contributed by atoms with Gasteiger partial charge in [-0.25, -0.2) is 4.39 Å². The van der Waals surface area contributed by atoms with Crippen molar-refractivity contribution in [1.29, 1.82) is 0 Å². The Balaban J connectivity index is 2.99. The predicted molar refractivity (Wildman–Crippen MR) is 59.5 cm³/mol. The van der Waals surface area contributed by atoms with Gasteiger partial charge in [0.05, 0.1) is 4.90 Å². The number of rotatable bonds is 4. The van der Waals surface area contributed by atoms with E-state index in [9.17, 15) is 12.8 Å². The summed E-state index contributed by atoms with van der Waals surface area (Å²) in [6.07, 6.45) is 0. The topological polar surface area (TPSA) is 43.4 Å². The lowest BCUT2D eigenvalue weighted by molar-refractivity contribution is 0.0859. The Bertz CT molecular complexity index is 449. The second kappa shape index (κ2) is 4.51. The van der Waals surface area contributed by atoms with Crippen LogP contribution in [0.15, 0.2) is 29.2 Å². The molecule has 0 bridgehead atoms. The molecule has 0 saturated heterocycles. The molecule has 3 nitrogen and oxygen atoms in total. The van der Waals surface area contributed by atoms with Gasteiger partial charge in [-0.05, 0) is 32.9 Å². The number of hydrogen-bond donors (Lipinski definition) is 0. The molecule has 0 N–H and O–H groups in total. The lowest BCUT2D eigenvalue weighted by atomic mass is 10.2. The molecule has 0 saturated carbocycles. The van der Waals surface area contributed by atoms with Crippen molar-refractivity contribution in [1.82, 2.24) is 0 Å². The maximum atomic E-state index is 12.5. The van der Waals surface area contributed by atoms with Gasteiger partial charge in [0.1, 0.15) is 12.3 Å². The van der Waals surface area contributed by atoms with Gasteiger partial charge >= 0.3 is 0 Å². The Morgan fingerprint density at radius 3 is 2.19 bits per heavy atom. The summed E-state index contributed by atoms with van der Waals surface area (Å²) in [4.78, 5) is 0.0413. The quantitative estimate of drug-likeness (QED) is 0.766. The zero-order valence-electron chi connectivity index (χ0n) is 9.53. The molecule has 1 aromatic carbocycles. The van der Waals surface area contributed by atoms with Crippen molar-refractivity contribution in [3.05, 3.63) is 29.8 Å². The molecule has 0 amide bonds. The van der Waals surface area contributed by atoms with Crippen LogP contribution in [0.5, 0.6) is 0 Å². The molecular formula is C11H15FO3S. The van der Waals surface area contributed by atoms with Gasteiger partial charge in [0, 0.05) is 0 Å². The molecule has 16 heavy (non-hydrogen) atoms. The third kappa shape index (κ3) is 3.28. The van der Waals surface area contributed by atoms with Crippen LogP contribution < -0.4 is 0 Å². The number of hydrogen-bond acceptors (Lipinski definition) is 3. The Morgan fingerprint density at radius 1 is 1.25 bits per heavy atom. The normalized spacial score (nSPS) is 12.8. The SMILES string of the molecule is Cc1ccc(S(=O)(=O)OC(C)(C)CF)cc1. The van der Waals surface area contributed by atoms with Crippen molar-refractivity contribution in [2.75, 3.05) is 6.67 Å². The van der Waals surface area contributed by atoms with Crippen LogP contribution in [0.4, 0.5) is 4.39 Å². The van der Waals surface area contributed by atoms with Gasteiger partial charge in [0.15, 0.2) is 0 Å². The molecule has 0 heterocycles. The van der Waals surface area contributed by atoms with Crippen LogP contribution in [0, 0.1) is 6.92 Å². The van der Waals surface area contributed by atoms with Gasteiger partial charge in [0.2, 0.25) is 0 Å². The Kier molecular flexibility index (Phi) is 3.70. The summed E-state index contributed by atoms with van der Waals surface area (Å²) in [7, 11) is -3.89. The number of halogens is 1. The summed E-state index contributed by atoms with van der Waals surface area (Å²) in [5.74, 6) is 0. The Hall–Kier alpha value is -0.940. The molecule has 5 heteroatoms. The number of benzene rings is 1. The molecule has 90 valence electrons. The highest BCUT2D eigenvalue weighted by Crippen LogP contribution is 2.20. The van der Waals surface area contributed by atoms with E-state index in [0.29, 0.717) is 0 Å². The lowest BCUT2D eigenvalue weighted by Gasteiger charge is -2.20. The first-order valence-electron chi connectivity index (χ1n) is 4.85. The molecule has 0 aromatic heterocycles. The largest absolute Gasteiger partial charge is 0.297 e. The summed E-state index contributed by atoms with van der Waals surface area (Å²) < 4.78 is 40.7. The molecule has 0 spiro atoms. The predicted octanol–water partition coefficient (Wildman–Crippen LogP) is 2.45. The van der Waals surface area contributed by atoms with Crippen LogP contribution in [0.1, 0.15) is 19.4 Å². The standard InChI is InChI=1S/C11H15FO3S/c1-9-4-6-10(7-5-9)16(13,14)15-11(2,3)8-12/h4-7H,8H2,1-3H3. The van der Waals surface area contributed by atoms with E-state index in [1.165, 1.54) is 26.0 Å². The highest BCUT2D eigenvalue weighted by Gasteiger charge is 2.28. The van der Waals surface area contributed by atoms with Gasteiger partial charge in [0.25, 0.3) is 10.1 Å². The van der Waals surface area contributed by atoms with Gasteiger partial charge in [-0.3, -0.25) is 4.18 Å². The summed E-state index contributed by atoms with van der Waals surface area (Å²) in [5, 5.41) is 0. The monoisotopic (exact) mass is 246 g/mol. The summed E-state index contributed by atoms with van der Waals surface area (Å²) >= 11 is 0. The van der Waals surface area contributed by atoms with Crippen LogP contribution in [0.25, 0.3) is 0 Å². The van der Waals surface area contributed by atoms with Crippen LogP contribution in [0.2, 0.25) is 0 Å². The zero-order valence-corrected chi connectivity index (χ0v) is 10.3. The van der Waals surface area contributed by atoms with E-state index in [4.69, 9.17) is 4.18 Å². The van der Waals surface area contributed by atoms with E-state index in [-0.39, 0.29) is 4.90 Å². The molecule has 1 aromatic rings. The molecule has 0 aliphatic rings. The fourth-order valence-corrected chi connectivity index (χ4v) is 2.28.